The van der Waals surface area contributed by atoms with E-state index in [-0.39, 0.29) is 0 Å². The second-order valence-corrected chi connectivity index (χ2v) is 5.45. The molecule has 2 N–H and O–H groups in total. The first-order valence-corrected chi connectivity index (χ1v) is 7.16. The van der Waals surface area contributed by atoms with E-state index in [0.29, 0.717) is 11.7 Å². The zero-order valence-corrected chi connectivity index (χ0v) is 11.8. The van der Waals surface area contributed by atoms with Crippen molar-refractivity contribution in [2.75, 3.05) is 12.8 Å². The van der Waals surface area contributed by atoms with Gasteiger partial charge in [0.05, 0.1) is 12.7 Å². The maximum atomic E-state index is 5.98. The average molecular weight is 272 g/mol. The van der Waals surface area contributed by atoms with Gasteiger partial charge in [0.2, 0.25) is 0 Å². The lowest BCUT2D eigenvalue weighted by atomic mass is 9.97. The van der Waals surface area contributed by atoms with Gasteiger partial charge in [0.25, 0.3) is 0 Å². The summed E-state index contributed by atoms with van der Waals surface area (Å²) in [5.41, 5.74) is 7.97. The highest BCUT2D eigenvalue weighted by atomic mass is 16.5. The standard InChI is InChI=1S/C16H20N2O2/c1-19-13-8-6-12(7-9-13)15-14(20-18-16(15)17)10-11-4-2-3-5-11/h6-9,11H,2-5,10H2,1H3,(H2,17,18). The number of benzene rings is 1. The van der Waals surface area contributed by atoms with Crippen molar-refractivity contribution in [3.63, 3.8) is 0 Å². The summed E-state index contributed by atoms with van der Waals surface area (Å²) in [7, 11) is 1.66. The highest BCUT2D eigenvalue weighted by Crippen LogP contribution is 2.35. The van der Waals surface area contributed by atoms with Gasteiger partial charge >= 0.3 is 0 Å². The molecular formula is C16H20N2O2. The molecule has 3 rings (SSSR count). The first-order valence-electron chi connectivity index (χ1n) is 7.16. The predicted octanol–water partition coefficient (Wildman–Crippen LogP) is 3.67. The minimum Gasteiger partial charge on any atom is -0.497 e. The van der Waals surface area contributed by atoms with Crippen molar-refractivity contribution in [2.45, 2.75) is 32.1 Å². The Morgan fingerprint density at radius 3 is 2.60 bits per heavy atom. The Kier molecular flexibility index (Phi) is 3.63. The number of rotatable bonds is 4. The number of nitrogen functional groups attached to an aromatic ring is 1. The van der Waals surface area contributed by atoms with Crippen molar-refractivity contribution in [2.24, 2.45) is 5.92 Å². The number of ether oxygens (including phenoxy) is 1. The van der Waals surface area contributed by atoms with E-state index < -0.39 is 0 Å². The third-order valence-corrected chi connectivity index (χ3v) is 4.12. The fraction of sp³-hybridized carbons (Fsp3) is 0.438. The summed E-state index contributed by atoms with van der Waals surface area (Å²) in [5.74, 6) is 2.93. The molecule has 0 amide bonds. The minimum atomic E-state index is 0.475. The largest absolute Gasteiger partial charge is 0.497 e. The van der Waals surface area contributed by atoms with Crippen molar-refractivity contribution < 1.29 is 9.26 Å². The van der Waals surface area contributed by atoms with Gasteiger partial charge in [-0.25, -0.2) is 0 Å². The molecule has 0 atom stereocenters. The number of anilines is 1. The van der Waals surface area contributed by atoms with Crippen molar-refractivity contribution in [1.82, 2.24) is 5.16 Å². The van der Waals surface area contributed by atoms with Gasteiger partial charge in [0.15, 0.2) is 5.82 Å². The number of aromatic nitrogens is 1. The van der Waals surface area contributed by atoms with Gasteiger partial charge < -0.3 is 15.0 Å². The van der Waals surface area contributed by atoms with Gasteiger partial charge in [0, 0.05) is 6.42 Å². The molecule has 0 spiro atoms. The Morgan fingerprint density at radius 1 is 1.25 bits per heavy atom. The maximum absolute atomic E-state index is 5.98. The predicted molar refractivity (Wildman–Crippen MR) is 78.6 cm³/mol. The van der Waals surface area contributed by atoms with Crippen LogP contribution in [0.15, 0.2) is 28.8 Å². The highest BCUT2D eigenvalue weighted by molar-refractivity contribution is 5.75. The molecule has 0 aliphatic heterocycles. The maximum Gasteiger partial charge on any atom is 0.175 e. The smallest absolute Gasteiger partial charge is 0.175 e. The molecule has 4 nitrogen and oxygen atoms in total. The van der Waals surface area contributed by atoms with E-state index in [1.165, 1.54) is 25.7 Å². The SMILES string of the molecule is COc1ccc(-c2c(N)noc2CC2CCCC2)cc1. The van der Waals surface area contributed by atoms with Crippen LogP contribution >= 0.6 is 0 Å². The lowest BCUT2D eigenvalue weighted by molar-refractivity contribution is 0.362. The van der Waals surface area contributed by atoms with Gasteiger partial charge in [-0.1, -0.05) is 43.0 Å². The van der Waals surface area contributed by atoms with Crippen LogP contribution in [0.2, 0.25) is 0 Å². The molecule has 1 aliphatic rings. The number of hydrogen-bond donors (Lipinski definition) is 1. The van der Waals surface area contributed by atoms with Gasteiger partial charge in [-0.2, -0.15) is 0 Å². The van der Waals surface area contributed by atoms with Crippen LogP contribution < -0.4 is 10.5 Å². The summed E-state index contributed by atoms with van der Waals surface area (Å²) < 4.78 is 10.6. The summed E-state index contributed by atoms with van der Waals surface area (Å²) in [6.45, 7) is 0. The molecular weight excluding hydrogens is 252 g/mol. The van der Waals surface area contributed by atoms with E-state index >= 15 is 0 Å². The fourth-order valence-corrected chi connectivity index (χ4v) is 3.02. The van der Waals surface area contributed by atoms with Crippen LogP contribution in [0.3, 0.4) is 0 Å². The Balaban J connectivity index is 1.88. The Morgan fingerprint density at radius 2 is 1.95 bits per heavy atom. The van der Waals surface area contributed by atoms with Crippen molar-refractivity contribution >= 4 is 5.82 Å². The van der Waals surface area contributed by atoms with Crippen LogP contribution in [0.25, 0.3) is 11.1 Å². The third kappa shape index (κ3) is 2.50. The van der Waals surface area contributed by atoms with Crippen molar-refractivity contribution in [1.29, 1.82) is 0 Å². The van der Waals surface area contributed by atoms with E-state index in [2.05, 4.69) is 5.16 Å². The normalized spacial score (nSPS) is 15.7. The fourth-order valence-electron chi connectivity index (χ4n) is 3.02. The second kappa shape index (κ2) is 5.57. The molecule has 1 aromatic carbocycles. The van der Waals surface area contributed by atoms with E-state index in [9.17, 15) is 0 Å². The monoisotopic (exact) mass is 272 g/mol. The summed E-state index contributed by atoms with van der Waals surface area (Å²) in [6.07, 6.45) is 6.15. The molecule has 0 saturated heterocycles. The van der Waals surface area contributed by atoms with Gasteiger partial charge in [-0.3, -0.25) is 0 Å². The van der Waals surface area contributed by atoms with Crippen molar-refractivity contribution in [3.05, 3.63) is 30.0 Å². The highest BCUT2D eigenvalue weighted by Gasteiger charge is 2.22. The molecule has 1 saturated carbocycles. The molecule has 2 aromatic rings. The number of nitrogens with two attached hydrogens (primary N) is 1. The third-order valence-electron chi connectivity index (χ3n) is 4.12. The Bertz CT molecular complexity index is 569. The van der Waals surface area contributed by atoms with E-state index in [1.807, 2.05) is 24.3 Å². The van der Waals surface area contributed by atoms with Crippen LogP contribution in [-0.4, -0.2) is 12.3 Å². The molecule has 1 heterocycles. The van der Waals surface area contributed by atoms with E-state index in [1.54, 1.807) is 7.11 Å². The minimum absolute atomic E-state index is 0.475. The quantitative estimate of drug-likeness (QED) is 0.922. The second-order valence-electron chi connectivity index (χ2n) is 5.45. The zero-order valence-electron chi connectivity index (χ0n) is 11.8. The number of nitrogens with zero attached hydrogens (tertiary/aromatic N) is 1. The lowest BCUT2D eigenvalue weighted by Crippen LogP contribution is -1.99. The molecule has 1 aromatic heterocycles. The first-order chi connectivity index (χ1) is 9.78. The molecule has 0 unspecified atom stereocenters. The first kappa shape index (κ1) is 13.0. The van der Waals surface area contributed by atoms with Gasteiger partial charge in [-0.05, 0) is 23.6 Å². The average Bonchev–Trinajstić information content (AvgIpc) is 3.10. The summed E-state index contributed by atoms with van der Waals surface area (Å²) >= 11 is 0. The topological polar surface area (TPSA) is 61.3 Å². The van der Waals surface area contributed by atoms with Crippen molar-refractivity contribution in [3.8, 4) is 16.9 Å². The zero-order chi connectivity index (χ0) is 13.9. The number of methoxy groups -OCH3 is 1. The van der Waals surface area contributed by atoms with Crippen LogP contribution in [0.4, 0.5) is 5.82 Å². The molecule has 106 valence electrons. The molecule has 1 fully saturated rings. The molecule has 0 bridgehead atoms. The summed E-state index contributed by atoms with van der Waals surface area (Å²) in [5, 5.41) is 3.95. The van der Waals surface area contributed by atoms with E-state index in [4.69, 9.17) is 15.0 Å². The van der Waals surface area contributed by atoms with Gasteiger partial charge in [0.1, 0.15) is 11.5 Å². The molecule has 0 radical (unpaired) electrons. The molecule has 4 heteroatoms. The Hall–Kier alpha value is -1.97. The van der Waals surface area contributed by atoms with Crippen LogP contribution in [-0.2, 0) is 6.42 Å². The Labute approximate surface area is 118 Å². The van der Waals surface area contributed by atoms with Crippen LogP contribution in [0, 0.1) is 5.92 Å². The van der Waals surface area contributed by atoms with Crippen LogP contribution in [0.1, 0.15) is 31.4 Å². The summed E-state index contributed by atoms with van der Waals surface area (Å²) in [6, 6.07) is 7.86. The van der Waals surface area contributed by atoms with E-state index in [0.717, 1.165) is 29.1 Å². The van der Waals surface area contributed by atoms with Crippen LogP contribution in [0.5, 0.6) is 5.75 Å². The summed E-state index contributed by atoms with van der Waals surface area (Å²) in [4.78, 5) is 0. The molecule has 1 aliphatic carbocycles. The lowest BCUT2D eigenvalue weighted by Gasteiger charge is -2.08. The molecule has 20 heavy (non-hydrogen) atoms. The number of hydrogen-bond acceptors (Lipinski definition) is 4. The van der Waals surface area contributed by atoms with Gasteiger partial charge in [-0.15, -0.1) is 0 Å².